The topological polar surface area (TPSA) is 66.5 Å². The third-order valence-electron chi connectivity index (χ3n) is 2.63. The Morgan fingerprint density at radius 1 is 1.33 bits per heavy atom. The van der Waals surface area contributed by atoms with Crippen molar-refractivity contribution in [1.82, 2.24) is 14.5 Å². The van der Waals surface area contributed by atoms with E-state index in [1.54, 1.807) is 12.4 Å². The normalized spacial score (nSPS) is 9.94. The van der Waals surface area contributed by atoms with E-state index in [-0.39, 0.29) is 0 Å². The van der Waals surface area contributed by atoms with E-state index in [4.69, 9.17) is 5.26 Å². The number of pyridine rings is 1. The molecule has 0 atom stereocenters. The summed E-state index contributed by atoms with van der Waals surface area (Å²) in [5, 5.41) is 12.1. The second-order valence-electron chi connectivity index (χ2n) is 3.95. The van der Waals surface area contributed by atoms with E-state index in [0.29, 0.717) is 5.69 Å². The molecule has 0 aromatic carbocycles. The monoisotopic (exact) mass is 241 g/mol. The van der Waals surface area contributed by atoms with Crippen molar-refractivity contribution in [3.8, 4) is 6.07 Å². The minimum absolute atomic E-state index is 0.451. The number of nitriles is 1. The van der Waals surface area contributed by atoms with Crippen molar-refractivity contribution < 1.29 is 0 Å². The van der Waals surface area contributed by atoms with Crippen LogP contribution in [0.25, 0.3) is 0 Å². The third-order valence-corrected chi connectivity index (χ3v) is 2.63. The van der Waals surface area contributed by atoms with Crippen molar-refractivity contribution in [2.24, 2.45) is 0 Å². The van der Waals surface area contributed by atoms with Gasteiger partial charge in [0.2, 0.25) is 0 Å². The predicted molar refractivity (Wildman–Crippen MR) is 68.9 cm³/mol. The molecule has 5 nitrogen and oxygen atoms in total. The zero-order chi connectivity index (χ0) is 12.6. The SMILES string of the molecule is N#Cc1ncccc1NCCCCn1ccnc1. The molecule has 0 spiro atoms. The summed E-state index contributed by atoms with van der Waals surface area (Å²) < 4.78 is 2.06. The molecule has 0 fully saturated rings. The highest BCUT2D eigenvalue weighted by atomic mass is 15.0. The van der Waals surface area contributed by atoms with Gasteiger partial charge < -0.3 is 9.88 Å². The molecule has 5 heteroatoms. The molecule has 2 rings (SSSR count). The molecule has 0 aliphatic heterocycles. The summed E-state index contributed by atoms with van der Waals surface area (Å²) >= 11 is 0. The quantitative estimate of drug-likeness (QED) is 0.786. The summed E-state index contributed by atoms with van der Waals surface area (Å²) in [6.45, 7) is 1.81. The van der Waals surface area contributed by atoms with Gasteiger partial charge in [-0.3, -0.25) is 0 Å². The Morgan fingerprint density at radius 2 is 2.28 bits per heavy atom. The first kappa shape index (κ1) is 12.1. The molecule has 0 saturated carbocycles. The number of hydrogen-bond acceptors (Lipinski definition) is 4. The molecular formula is C13H15N5. The Hall–Kier alpha value is -2.35. The van der Waals surface area contributed by atoms with Crippen LogP contribution >= 0.6 is 0 Å². The molecule has 0 saturated heterocycles. The average Bonchev–Trinajstić information content (AvgIpc) is 2.92. The van der Waals surface area contributed by atoms with Gasteiger partial charge in [0.15, 0.2) is 5.69 Å². The summed E-state index contributed by atoms with van der Waals surface area (Å²) in [4.78, 5) is 8.00. The number of nitrogens with one attached hydrogen (secondary N) is 1. The van der Waals surface area contributed by atoms with E-state index in [2.05, 4.69) is 25.9 Å². The number of imidazole rings is 1. The van der Waals surface area contributed by atoms with E-state index in [9.17, 15) is 0 Å². The van der Waals surface area contributed by atoms with Gasteiger partial charge in [0.05, 0.1) is 12.0 Å². The van der Waals surface area contributed by atoms with Crippen LogP contribution in [0.2, 0.25) is 0 Å². The lowest BCUT2D eigenvalue weighted by atomic mass is 10.2. The highest BCUT2D eigenvalue weighted by molar-refractivity contribution is 5.53. The Morgan fingerprint density at radius 3 is 3.06 bits per heavy atom. The van der Waals surface area contributed by atoms with Gasteiger partial charge in [0.1, 0.15) is 6.07 Å². The van der Waals surface area contributed by atoms with E-state index >= 15 is 0 Å². The number of anilines is 1. The lowest BCUT2D eigenvalue weighted by Crippen LogP contribution is -2.05. The average molecular weight is 241 g/mol. The maximum absolute atomic E-state index is 8.88. The molecule has 0 aliphatic rings. The number of nitrogens with zero attached hydrogens (tertiary/aromatic N) is 4. The molecular weight excluding hydrogens is 226 g/mol. The second-order valence-corrected chi connectivity index (χ2v) is 3.95. The molecule has 2 aromatic rings. The predicted octanol–water partition coefficient (Wildman–Crippen LogP) is 2.04. The van der Waals surface area contributed by atoms with Crippen molar-refractivity contribution in [3.05, 3.63) is 42.7 Å². The fourth-order valence-electron chi connectivity index (χ4n) is 1.70. The van der Waals surface area contributed by atoms with Crippen LogP contribution in [0.5, 0.6) is 0 Å². The number of aryl methyl sites for hydroxylation is 1. The molecule has 18 heavy (non-hydrogen) atoms. The molecule has 0 bridgehead atoms. The van der Waals surface area contributed by atoms with Crippen LogP contribution in [-0.2, 0) is 6.54 Å². The van der Waals surface area contributed by atoms with Gasteiger partial charge in [0, 0.05) is 31.7 Å². The van der Waals surface area contributed by atoms with Gasteiger partial charge in [-0.25, -0.2) is 9.97 Å². The van der Waals surface area contributed by atoms with Crippen LogP contribution in [0.3, 0.4) is 0 Å². The first-order valence-electron chi connectivity index (χ1n) is 5.95. The Kier molecular flexibility index (Phi) is 4.31. The van der Waals surface area contributed by atoms with Crippen LogP contribution in [0.15, 0.2) is 37.1 Å². The van der Waals surface area contributed by atoms with E-state index < -0.39 is 0 Å². The number of unbranched alkanes of at least 4 members (excludes halogenated alkanes) is 1. The molecule has 2 aromatic heterocycles. The highest BCUT2D eigenvalue weighted by Gasteiger charge is 2.00. The van der Waals surface area contributed by atoms with E-state index in [1.807, 2.05) is 24.7 Å². The van der Waals surface area contributed by atoms with Crippen LogP contribution in [0, 0.1) is 11.3 Å². The largest absolute Gasteiger partial charge is 0.383 e. The summed E-state index contributed by atoms with van der Waals surface area (Å²) in [7, 11) is 0. The zero-order valence-electron chi connectivity index (χ0n) is 10.1. The lowest BCUT2D eigenvalue weighted by Gasteiger charge is -2.07. The summed E-state index contributed by atoms with van der Waals surface area (Å²) in [5.41, 5.74) is 1.26. The molecule has 0 unspecified atom stereocenters. The Labute approximate surface area is 106 Å². The smallest absolute Gasteiger partial charge is 0.163 e. The fraction of sp³-hybridized carbons (Fsp3) is 0.308. The molecule has 1 N–H and O–H groups in total. The minimum Gasteiger partial charge on any atom is -0.383 e. The Bertz CT molecular complexity index is 512. The van der Waals surface area contributed by atoms with Crippen molar-refractivity contribution in [1.29, 1.82) is 5.26 Å². The summed E-state index contributed by atoms with van der Waals surface area (Å²) in [6.07, 6.45) is 9.31. The molecule has 92 valence electrons. The van der Waals surface area contributed by atoms with Gasteiger partial charge in [-0.2, -0.15) is 5.26 Å². The molecule has 0 aliphatic carbocycles. The van der Waals surface area contributed by atoms with Gasteiger partial charge >= 0.3 is 0 Å². The number of rotatable bonds is 6. The standard InChI is InChI=1S/C13H15N5/c14-10-13-12(4-3-6-17-13)16-5-1-2-8-18-9-7-15-11-18/h3-4,6-7,9,11,16H,1-2,5,8H2. The van der Waals surface area contributed by atoms with Crippen LogP contribution in [0.4, 0.5) is 5.69 Å². The highest BCUT2D eigenvalue weighted by Crippen LogP contribution is 2.10. The van der Waals surface area contributed by atoms with Gasteiger partial charge in [-0.15, -0.1) is 0 Å². The van der Waals surface area contributed by atoms with Crippen molar-refractivity contribution in [2.45, 2.75) is 19.4 Å². The fourth-order valence-corrected chi connectivity index (χ4v) is 1.70. The van der Waals surface area contributed by atoms with E-state index in [0.717, 1.165) is 31.6 Å². The third kappa shape index (κ3) is 3.32. The van der Waals surface area contributed by atoms with Crippen molar-refractivity contribution in [3.63, 3.8) is 0 Å². The Balaban J connectivity index is 1.71. The first-order chi connectivity index (χ1) is 8.90. The van der Waals surface area contributed by atoms with Gasteiger partial charge in [-0.1, -0.05) is 0 Å². The molecule has 2 heterocycles. The summed E-state index contributed by atoms with van der Waals surface area (Å²) in [6, 6.07) is 5.78. The summed E-state index contributed by atoms with van der Waals surface area (Å²) in [5.74, 6) is 0. The van der Waals surface area contributed by atoms with E-state index in [1.165, 1.54) is 0 Å². The second kappa shape index (κ2) is 6.40. The van der Waals surface area contributed by atoms with Crippen LogP contribution in [-0.4, -0.2) is 21.1 Å². The van der Waals surface area contributed by atoms with Crippen molar-refractivity contribution in [2.75, 3.05) is 11.9 Å². The number of aromatic nitrogens is 3. The first-order valence-corrected chi connectivity index (χ1v) is 5.95. The van der Waals surface area contributed by atoms with Crippen molar-refractivity contribution >= 4 is 5.69 Å². The maximum atomic E-state index is 8.88. The lowest BCUT2D eigenvalue weighted by molar-refractivity contribution is 0.621. The molecule has 0 radical (unpaired) electrons. The van der Waals surface area contributed by atoms with Gasteiger partial charge in [-0.05, 0) is 25.0 Å². The molecule has 0 amide bonds. The van der Waals surface area contributed by atoms with Gasteiger partial charge in [0.25, 0.3) is 0 Å². The van der Waals surface area contributed by atoms with Crippen LogP contribution in [0.1, 0.15) is 18.5 Å². The maximum Gasteiger partial charge on any atom is 0.163 e. The number of hydrogen-bond donors (Lipinski definition) is 1. The minimum atomic E-state index is 0.451. The van der Waals surface area contributed by atoms with Crippen LogP contribution < -0.4 is 5.32 Å². The zero-order valence-corrected chi connectivity index (χ0v) is 10.1.